The summed E-state index contributed by atoms with van der Waals surface area (Å²) in [6, 6.07) is 5.80. The normalized spacial score (nSPS) is 10.5. The van der Waals surface area contributed by atoms with Crippen LogP contribution in [0.15, 0.2) is 35.7 Å². The molecule has 0 aromatic carbocycles. The fourth-order valence-corrected chi connectivity index (χ4v) is 2.40. The van der Waals surface area contributed by atoms with Crippen LogP contribution in [0.1, 0.15) is 12.6 Å². The van der Waals surface area contributed by atoms with Crippen molar-refractivity contribution in [2.24, 2.45) is 0 Å². The zero-order valence-corrected chi connectivity index (χ0v) is 10.8. The van der Waals surface area contributed by atoms with E-state index in [1.54, 1.807) is 18.9 Å². The highest BCUT2D eigenvalue weighted by Crippen LogP contribution is 2.21. The van der Waals surface area contributed by atoms with Gasteiger partial charge < -0.3 is 9.30 Å². The Morgan fingerprint density at radius 3 is 3.06 bits per heavy atom. The molecule has 0 aliphatic carbocycles. The number of pyridine rings is 1. The molecule has 2 heterocycles. The van der Waals surface area contributed by atoms with Gasteiger partial charge in [-0.3, -0.25) is 0 Å². The largest absolute Gasteiger partial charge is 0.481 e. The third-order valence-corrected chi connectivity index (χ3v) is 3.40. The van der Waals surface area contributed by atoms with Crippen LogP contribution in [0.25, 0.3) is 0 Å². The first kappa shape index (κ1) is 12.0. The topological polar surface area (TPSA) is 39.9 Å². The first-order valence-electron chi connectivity index (χ1n) is 5.47. The minimum absolute atomic E-state index is 0.655. The van der Waals surface area contributed by atoms with Crippen LogP contribution in [0.4, 0.5) is 0 Å². The number of methoxy groups -OCH3 is 1. The number of thioether (sulfide) groups is 1. The molecule has 0 saturated carbocycles. The molecule has 0 atom stereocenters. The van der Waals surface area contributed by atoms with Crippen molar-refractivity contribution < 1.29 is 4.74 Å². The molecular weight excluding hydrogens is 234 g/mol. The number of hydrogen-bond donors (Lipinski definition) is 0. The molecule has 0 bridgehead atoms. The molecule has 0 aliphatic rings. The molecule has 0 radical (unpaired) electrons. The number of hydrogen-bond acceptors (Lipinski definition) is 4. The monoisotopic (exact) mass is 249 g/mol. The van der Waals surface area contributed by atoms with E-state index < -0.39 is 0 Å². The lowest BCUT2D eigenvalue weighted by molar-refractivity contribution is 0.397. The summed E-state index contributed by atoms with van der Waals surface area (Å²) in [4.78, 5) is 8.68. The van der Waals surface area contributed by atoms with Crippen molar-refractivity contribution in [1.82, 2.24) is 14.5 Å². The molecule has 2 aromatic rings. The highest BCUT2D eigenvalue weighted by atomic mass is 32.2. The maximum atomic E-state index is 5.10. The Morgan fingerprint density at radius 2 is 2.29 bits per heavy atom. The van der Waals surface area contributed by atoms with E-state index in [4.69, 9.17) is 4.74 Å². The lowest BCUT2D eigenvalue weighted by atomic mass is 10.4. The highest BCUT2D eigenvalue weighted by Gasteiger charge is 2.04. The van der Waals surface area contributed by atoms with Gasteiger partial charge in [0.25, 0.3) is 0 Å². The van der Waals surface area contributed by atoms with E-state index >= 15 is 0 Å². The summed E-state index contributed by atoms with van der Waals surface area (Å²) < 4.78 is 7.21. The fraction of sp³-hybridized carbons (Fsp3) is 0.333. The molecule has 0 fully saturated rings. The second kappa shape index (κ2) is 5.72. The number of aryl methyl sites for hydroxylation is 1. The zero-order chi connectivity index (χ0) is 12.1. The van der Waals surface area contributed by atoms with Gasteiger partial charge in [-0.1, -0.05) is 17.8 Å². The predicted molar refractivity (Wildman–Crippen MR) is 68.3 cm³/mol. The molecule has 0 amide bonds. The molecule has 4 nitrogen and oxygen atoms in total. The van der Waals surface area contributed by atoms with E-state index in [1.807, 2.05) is 30.6 Å². The van der Waals surface area contributed by atoms with Crippen LogP contribution in [-0.4, -0.2) is 21.6 Å². The summed E-state index contributed by atoms with van der Waals surface area (Å²) in [5.74, 6) is 1.45. The van der Waals surface area contributed by atoms with Gasteiger partial charge in [0.05, 0.1) is 12.8 Å². The smallest absolute Gasteiger partial charge is 0.213 e. The van der Waals surface area contributed by atoms with Crippen molar-refractivity contribution in [3.63, 3.8) is 0 Å². The van der Waals surface area contributed by atoms with Crippen molar-refractivity contribution in [3.8, 4) is 5.88 Å². The Kier molecular flexibility index (Phi) is 4.03. The molecule has 0 spiro atoms. The van der Waals surface area contributed by atoms with Crippen LogP contribution in [0.2, 0.25) is 0 Å². The third-order valence-electron chi connectivity index (χ3n) is 2.36. The van der Waals surface area contributed by atoms with Crippen LogP contribution in [0.5, 0.6) is 5.88 Å². The Balaban J connectivity index is 2.02. The number of rotatable bonds is 5. The van der Waals surface area contributed by atoms with Gasteiger partial charge in [0.2, 0.25) is 5.88 Å². The summed E-state index contributed by atoms with van der Waals surface area (Å²) in [5, 5.41) is 1.03. The summed E-state index contributed by atoms with van der Waals surface area (Å²) in [6.45, 7) is 3.05. The Labute approximate surface area is 105 Å². The number of ether oxygens (including phenoxy) is 1. The maximum Gasteiger partial charge on any atom is 0.213 e. The van der Waals surface area contributed by atoms with Gasteiger partial charge in [-0.25, -0.2) is 9.97 Å². The molecule has 0 unspecified atom stereocenters. The van der Waals surface area contributed by atoms with E-state index in [0.717, 1.165) is 23.1 Å². The molecule has 0 aliphatic heterocycles. The van der Waals surface area contributed by atoms with Crippen LogP contribution in [0, 0.1) is 0 Å². The van der Waals surface area contributed by atoms with Crippen LogP contribution >= 0.6 is 11.8 Å². The van der Waals surface area contributed by atoms with Crippen LogP contribution in [0.3, 0.4) is 0 Å². The number of aromatic nitrogens is 3. The van der Waals surface area contributed by atoms with Gasteiger partial charge in [0.1, 0.15) is 0 Å². The molecule has 17 heavy (non-hydrogen) atoms. The summed E-state index contributed by atoms with van der Waals surface area (Å²) >= 11 is 1.68. The molecule has 2 aromatic heterocycles. The lowest BCUT2D eigenvalue weighted by Gasteiger charge is -2.05. The first-order chi connectivity index (χ1) is 8.33. The van der Waals surface area contributed by atoms with E-state index in [0.29, 0.717) is 5.88 Å². The van der Waals surface area contributed by atoms with E-state index in [2.05, 4.69) is 21.5 Å². The zero-order valence-electron chi connectivity index (χ0n) is 9.96. The van der Waals surface area contributed by atoms with Gasteiger partial charge >= 0.3 is 0 Å². The summed E-state index contributed by atoms with van der Waals surface area (Å²) in [7, 11) is 1.63. The molecule has 2 rings (SSSR count). The van der Waals surface area contributed by atoms with Crippen molar-refractivity contribution in [2.75, 3.05) is 7.11 Å². The quantitative estimate of drug-likeness (QED) is 0.764. The number of nitrogens with zero attached hydrogens (tertiary/aromatic N) is 3. The Morgan fingerprint density at radius 1 is 1.41 bits per heavy atom. The van der Waals surface area contributed by atoms with Crippen molar-refractivity contribution in [1.29, 1.82) is 0 Å². The maximum absolute atomic E-state index is 5.10. The molecule has 0 saturated heterocycles. The Bertz CT molecular complexity index is 484. The summed E-state index contributed by atoms with van der Waals surface area (Å²) in [6.07, 6.45) is 3.81. The fourth-order valence-electron chi connectivity index (χ4n) is 1.47. The van der Waals surface area contributed by atoms with Gasteiger partial charge in [0, 0.05) is 30.8 Å². The first-order valence-corrected chi connectivity index (χ1v) is 6.46. The lowest BCUT2D eigenvalue weighted by Crippen LogP contribution is -1.96. The second-order valence-corrected chi connectivity index (χ2v) is 4.40. The molecule has 90 valence electrons. The van der Waals surface area contributed by atoms with Gasteiger partial charge in [-0.2, -0.15) is 0 Å². The van der Waals surface area contributed by atoms with Gasteiger partial charge in [-0.15, -0.1) is 0 Å². The standard InChI is InChI=1S/C12H15N3OS/c1-3-15-8-7-13-12(15)17-9-10-5-4-6-11(14-10)16-2/h4-8H,3,9H2,1-2H3. The van der Waals surface area contributed by atoms with Crippen LogP contribution in [-0.2, 0) is 12.3 Å². The molecule has 0 N–H and O–H groups in total. The van der Waals surface area contributed by atoms with Crippen LogP contribution < -0.4 is 4.74 Å². The Hall–Kier alpha value is -1.49. The second-order valence-electron chi connectivity index (χ2n) is 3.46. The van der Waals surface area contributed by atoms with Crippen molar-refractivity contribution >= 4 is 11.8 Å². The number of imidazole rings is 1. The molecule has 5 heteroatoms. The minimum Gasteiger partial charge on any atom is -0.481 e. The minimum atomic E-state index is 0.655. The van der Waals surface area contributed by atoms with Crippen molar-refractivity contribution in [2.45, 2.75) is 24.4 Å². The van der Waals surface area contributed by atoms with Crippen molar-refractivity contribution in [3.05, 3.63) is 36.3 Å². The third kappa shape index (κ3) is 3.00. The highest BCUT2D eigenvalue weighted by molar-refractivity contribution is 7.98. The average Bonchev–Trinajstić information content (AvgIpc) is 2.84. The average molecular weight is 249 g/mol. The van der Waals surface area contributed by atoms with E-state index in [9.17, 15) is 0 Å². The van der Waals surface area contributed by atoms with Gasteiger partial charge in [-0.05, 0) is 13.0 Å². The molecular formula is C12H15N3OS. The summed E-state index contributed by atoms with van der Waals surface area (Å²) in [5.41, 5.74) is 1.00. The van der Waals surface area contributed by atoms with Gasteiger partial charge in [0.15, 0.2) is 5.16 Å². The SMILES string of the molecule is CCn1ccnc1SCc1cccc(OC)n1. The predicted octanol–water partition coefficient (Wildman–Crippen LogP) is 2.60. The van der Waals surface area contributed by atoms with E-state index in [1.165, 1.54) is 0 Å². The van der Waals surface area contributed by atoms with E-state index in [-0.39, 0.29) is 0 Å².